The molecule has 2 fully saturated rings. The molecule has 1 saturated heterocycles. The van der Waals surface area contributed by atoms with Crippen molar-refractivity contribution in [1.29, 1.82) is 0 Å². The summed E-state index contributed by atoms with van der Waals surface area (Å²) >= 11 is 0. The second kappa shape index (κ2) is 7.80. The maximum atomic E-state index is 14.0. The Morgan fingerprint density at radius 3 is 2.73 bits per heavy atom. The summed E-state index contributed by atoms with van der Waals surface area (Å²) in [7, 11) is 0. The number of benzene rings is 1. The number of carbonyl (C=O) groups excluding carboxylic acids is 1. The first-order valence-electron chi connectivity index (χ1n) is 8.87. The molecule has 1 aliphatic heterocycles. The van der Waals surface area contributed by atoms with Crippen LogP contribution in [-0.4, -0.2) is 48.8 Å². The SMILES string of the molecule is CCOC1CC(N)(C(=O)N2CCOC(c3ccccc3F)C2)C1(C)C.Cl. The van der Waals surface area contributed by atoms with E-state index in [0.29, 0.717) is 38.3 Å². The number of amides is 1. The number of hydrogen-bond donors (Lipinski definition) is 1. The predicted molar refractivity (Wildman–Crippen MR) is 99.7 cm³/mol. The van der Waals surface area contributed by atoms with E-state index in [9.17, 15) is 9.18 Å². The third-order valence-corrected chi connectivity index (χ3v) is 5.82. The van der Waals surface area contributed by atoms with E-state index in [1.807, 2.05) is 20.8 Å². The molecule has 0 radical (unpaired) electrons. The maximum Gasteiger partial charge on any atom is 0.243 e. The molecule has 3 atom stereocenters. The van der Waals surface area contributed by atoms with Gasteiger partial charge in [0.2, 0.25) is 5.91 Å². The Bertz CT molecular complexity index is 657. The minimum Gasteiger partial charge on any atom is -0.378 e. The fourth-order valence-corrected chi connectivity index (χ4v) is 3.84. The molecule has 1 aromatic rings. The van der Waals surface area contributed by atoms with Crippen molar-refractivity contribution in [3.05, 3.63) is 35.6 Å². The number of nitrogens with zero attached hydrogens (tertiary/aromatic N) is 1. The van der Waals surface area contributed by atoms with Gasteiger partial charge in [0.25, 0.3) is 0 Å². The van der Waals surface area contributed by atoms with Crippen molar-refractivity contribution >= 4 is 18.3 Å². The molecule has 7 heteroatoms. The van der Waals surface area contributed by atoms with Gasteiger partial charge in [0.1, 0.15) is 17.5 Å². The Morgan fingerprint density at radius 2 is 2.12 bits per heavy atom. The van der Waals surface area contributed by atoms with Crippen LogP contribution in [0.15, 0.2) is 24.3 Å². The predicted octanol–water partition coefficient (Wildman–Crippen LogP) is 2.68. The third kappa shape index (κ3) is 3.36. The van der Waals surface area contributed by atoms with E-state index in [-0.39, 0.29) is 30.2 Å². The summed E-state index contributed by atoms with van der Waals surface area (Å²) in [6, 6.07) is 6.52. The summed E-state index contributed by atoms with van der Waals surface area (Å²) in [6.07, 6.45) is 0.0252. The third-order valence-electron chi connectivity index (χ3n) is 5.82. The summed E-state index contributed by atoms with van der Waals surface area (Å²) < 4.78 is 25.5. The summed E-state index contributed by atoms with van der Waals surface area (Å²) in [5.74, 6) is -0.414. The zero-order valence-corrected chi connectivity index (χ0v) is 16.4. The highest BCUT2D eigenvalue weighted by atomic mass is 35.5. The van der Waals surface area contributed by atoms with Gasteiger partial charge < -0.3 is 20.1 Å². The van der Waals surface area contributed by atoms with Crippen LogP contribution in [0.1, 0.15) is 38.9 Å². The highest BCUT2D eigenvalue weighted by molar-refractivity contribution is 5.89. The Labute approximate surface area is 160 Å². The van der Waals surface area contributed by atoms with Crippen LogP contribution in [0.3, 0.4) is 0 Å². The normalized spacial score (nSPS) is 30.3. The maximum absolute atomic E-state index is 14.0. The molecular weight excluding hydrogens is 359 g/mol. The van der Waals surface area contributed by atoms with Gasteiger partial charge in [0.05, 0.1) is 19.3 Å². The molecule has 1 saturated carbocycles. The quantitative estimate of drug-likeness (QED) is 0.864. The summed E-state index contributed by atoms with van der Waals surface area (Å²) in [5.41, 5.74) is 5.59. The lowest BCUT2D eigenvalue weighted by molar-refractivity contribution is -0.184. The molecule has 0 aromatic heterocycles. The van der Waals surface area contributed by atoms with Crippen molar-refractivity contribution < 1.29 is 18.7 Å². The van der Waals surface area contributed by atoms with Gasteiger partial charge >= 0.3 is 0 Å². The monoisotopic (exact) mass is 386 g/mol. The van der Waals surface area contributed by atoms with Gasteiger partial charge in [-0.2, -0.15) is 0 Å². The van der Waals surface area contributed by atoms with Crippen molar-refractivity contribution in [1.82, 2.24) is 4.90 Å². The van der Waals surface area contributed by atoms with E-state index in [2.05, 4.69) is 0 Å². The number of halogens is 2. The van der Waals surface area contributed by atoms with E-state index < -0.39 is 17.1 Å². The lowest BCUT2D eigenvalue weighted by Gasteiger charge is -2.59. The van der Waals surface area contributed by atoms with E-state index >= 15 is 0 Å². The van der Waals surface area contributed by atoms with Gasteiger partial charge in [0.15, 0.2) is 0 Å². The van der Waals surface area contributed by atoms with Gasteiger partial charge in [-0.05, 0) is 13.0 Å². The summed E-state index contributed by atoms with van der Waals surface area (Å²) in [4.78, 5) is 14.8. The van der Waals surface area contributed by atoms with Crippen LogP contribution >= 0.6 is 12.4 Å². The molecule has 0 bridgehead atoms. The minimum absolute atomic E-state index is 0. The lowest BCUT2D eigenvalue weighted by atomic mass is 9.54. The van der Waals surface area contributed by atoms with Crippen LogP contribution in [0.2, 0.25) is 0 Å². The zero-order valence-electron chi connectivity index (χ0n) is 15.5. The van der Waals surface area contributed by atoms with Gasteiger partial charge in [0, 0.05) is 30.6 Å². The fourth-order valence-electron chi connectivity index (χ4n) is 3.84. The second-order valence-electron chi connectivity index (χ2n) is 7.47. The zero-order chi connectivity index (χ0) is 18.2. The Balaban J connectivity index is 0.00000243. The molecule has 2 N–H and O–H groups in total. The molecule has 1 heterocycles. The molecule has 1 amide bonds. The van der Waals surface area contributed by atoms with Gasteiger partial charge in [-0.15, -0.1) is 12.4 Å². The molecule has 3 rings (SSSR count). The molecule has 0 spiro atoms. The molecule has 5 nitrogen and oxygen atoms in total. The van der Waals surface area contributed by atoms with Crippen LogP contribution in [0, 0.1) is 11.2 Å². The number of hydrogen-bond acceptors (Lipinski definition) is 4. The average Bonchev–Trinajstić information content (AvgIpc) is 2.61. The van der Waals surface area contributed by atoms with Crippen LogP contribution in [0.25, 0.3) is 0 Å². The largest absolute Gasteiger partial charge is 0.378 e. The first kappa shape index (κ1) is 21.1. The summed E-state index contributed by atoms with van der Waals surface area (Å²) in [6.45, 7) is 7.65. The number of nitrogens with two attached hydrogens (primary N) is 1. The van der Waals surface area contributed by atoms with Crippen molar-refractivity contribution in [2.24, 2.45) is 11.1 Å². The fraction of sp³-hybridized carbons (Fsp3) is 0.632. The van der Waals surface area contributed by atoms with Gasteiger partial charge in [-0.25, -0.2) is 4.39 Å². The smallest absolute Gasteiger partial charge is 0.243 e. The Hall–Kier alpha value is -1.21. The van der Waals surface area contributed by atoms with Crippen LogP contribution in [0.4, 0.5) is 4.39 Å². The van der Waals surface area contributed by atoms with Crippen LogP contribution in [0.5, 0.6) is 0 Å². The van der Waals surface area contributed by atoms with Crippen molar-refractivity contribution in [2.75, 3.05) is 26.3 Å². The lowest BCUT2D eigenvalue weighted by Crippen LogP contribution is -2.76. The molecule has 1 aromatic carbocycles. The molecule has 3 unspecified atom stereocenters. The van der Waals surface area contributed by atoms with Crippen molar-refractivity contribution in [3.63, 3.8) is 0 Å². The van der Waals surface area contributed by atoms with Crippen LogP contribution < -0.4 is 5.73 Å². The number of rotatable bonds is 4. The van der Waals surface area contributed by atoms with E-state index in [1.165, 1.54) is 6.07 Å². The Morgan fingerprint density at radius 1 is 1.42 bits per heavy atom. The Kier molecular flexibility index (Phi) is 6.33. The number of carbonyl (C=O) groups is 1. The van der Waals surface area contributed by atoms with Crippen molar-refractivity contribution in [2.45, 2.75) is 44.9 Å². The van der Waals surface area contributed by atoms with E-state index in [0.717, 1.165) is 0 Å². The first-order valence-corrected chi connectivity index (χ1v) is 8.87. The molecule has 1 aliphatic carbocycles. The average molecular weight is 387 g/mol. The highest BCUT2D eigenvalue weighted by Crippen LogP contribution is 2.50. The molecule has 2 aliphatic rings. The molecular formula is C19H28ClFN2O3. The molecule has 146 valence electrons. The number of ether oxygens (including phenoxy) is 2. The highest BCUT2D eigenvalue weighted by Gasteiger charge is 2.63. The van der Waals surface area contributed by atoms with Crippen LogP contribution in [-0.2, 0) is 14.3 Å². The first-order chi connectivity index (χ1) is 11.8. The van der Waals surface area contributed by atoms with Crippen molar-refractivity contribution in [3.8, 4) is 0 Å². The minimum atomic E-state index is -0.954. The summed E-state index contributed by atoms with van der Waals surface area (Å²) in [5, 5.41) is 0. The topological polar surface area (TPSA) is 64.8 Å². The van der Waals surface area contributed by atoms with E-state index in [1.54, 1.807) is 23.1 Å². The second-order valence-corrected chi connectivity index (χ2v) is 7.47. The standard InChI is InChI=1S/C19H27FN2O3.ClH/c1-4-24-16-11-19(21,18(16,2)3)17(23)22-9-10-25-15(12-22)13-7-5-6-8-14(13)20;/h5-8,15-16H,4,9-12,21H2,1-3H3;1H. The van der Waals surface area contributed by atoms with Gasteiger partial charge in [-0.3, -0.25) is 4.79 Å². The van der Waals surface area contributed by atoms with Gasteiger partial charge in [-0.1, -0.05) is 32.0 Å². The number of morpholine rings is 1. The molecule has 26 heavy (non-hydrogen) atoms. The van der Waals surface area contributed by atoms with E-state index in [4.69, 9.17) is 15.2 Å².